The highest BCUT2D eigenvalue weighted by Gasteiger charge is 2.10. The summed E-state index contributed by atoms with van der Waals surface area (Å²) in [6.07, 6.45) is 3.65. The first-order valence-electron chi connectivity index (χ1n) is 8.37. The molecule has 0 bridgehead atoms. The fraction of sp³-hybridized carbons (Fsp3) is 0.588. The Hall–Kier alpha value is -0.960. The number of benzene rings is 1. The number of rotatable bonds is 7. The van der Waals surface area contributed by atoms with Crippen LogP contribution >= 0.6 is 24.0 Å². The zero-order valence-corrected chi connectivity index (χ0v) is 16.5. The summed E-state index contributed by atoms with van der Waals surface area (Å²) in [6.45, 7) is 7.12. The van der Waals surface area contributed by atoms with Gasteiger partial charge in [0.1, 0.15) is 11.6 Å². The second kappa shape index (κ2) is 11.6. The molecule has 1 aromatic rings. The van der Waals surface area contributed by atoms with Gasteiger partial charge in [0.25, 0.3) is 0 Å². The van der Waals surface area contributed by atoms with E-state index in [1.54, 1.807) is 0 Å². The van der Waals surface area contributed by atoms with E-state index in [2.05, 4.69) is 20.5 Å². The van der Waals surface area contributed by atoms with Gasteiger partial charge in [-0.3, -0.25) is 0 Å². The Morgan fingerprint density at radius 3 is 2.67 bits per heavy atom. The highest BCUT2D eigenvalue weighted by atomic mass is 127. The molecule has 0 amide bonds. The minimum atomic E-state index is -0.444. The number of halogens is 3. The van der Waals surface area contributed by atoms with Crippen LogP contribution in [0.4, 0.5) is 8.78 Å². The molecule has 0 atom stereocenters. The zero-order chi connectivity index (χ0) is 16.5. The molecule has 0 saturated carbocycles. The first-order valence-corrected chi connectivity index (χ1v) is 8.37. The molecule has 136 valence electrons. The van der Waals surface area contributed by atoms with Crippen LogP contribution in [0.15, 0.2) is 23.2 Å². The molecule has 1 aliphatic heterocycles. The summed E-state index contributed by atoms with van der Waals surface area (Å²) < 4.78 is 26.8. The maximum atomic E-state index is 13.6. The van der Waals surface area contributed by atoms with Gasteiger partial charge < -0.3 is 15.5 Å². The van der Waals surface area contributed by atoms with Crippen LogP contribution in [0.1, 0.15) is 31.7 Å². The molecule has 24 heavy (non-hydrogen) atoms. The number of likely N-dealkylation sites (tertiary alicyclic amines) is 1. The molecule has 1 fully saturated rings. The Balaban J connectivity index is 0.00000288. The molecule has 7 heteroatoms. The summed E-state index contributed by atoms with van der Waals surface area (Å²) in [5.41, 5.74) is 0.263. The van der Waals surface area contributed by atoms with Gasteiger partial charge in [0.05, 0.1) is 6.54 Å². The van der Waals surface area contributed by atoms with E-state index >= 15 is 0 Å². The maximum absolute atomic E-state index is 13.6. The van der Waals surface area contributed by atoms with Crippen molar-refractivity contribution in [2.24, 2.45) is 4.99 Å². The molecule has 2 N–H and O–H groups in total. The van der Waals surface area contributed by atoms with Crippen LogP contribution in [0.5, 0.6) is 0 Å². The lowest BCUT2D eigenvalue weighted by Crippen LogP contribution is -2.38. The van der Waals surface area contributed by atoms with E-state index in [4.69, 9.17) is 0 Å². The average molecular weight is 452 g/mol. The van der Waals surface area contributed by atoms with Gasteiger partial charge in [-0.1, -0.05) is 0 Å². The summed E-state index contributed by atoms with van der Waals surface area (Å²) in [6, 6.07) is 3.44. The monoisotopic (exact) mass is 452 g/mol. The summed E-state index contributed by atoms with van der Waals surface area (Å²) >= 11 is 0. The van der Waals surface area contributed by atoms with Gasteiger partial charge in [0, 0.05) is 18.7 Å². The standard InChI is InChI=1S/C17H26F2N4.HI/c1-2-20-17(21-8-5-11-23-9-3-4-10-23)22-13-14-12-15(18)6-7-16(14)19;/h6-7,12H,2-5,8-11,13H2,1H3,(H2,20,21,22);1H. The Labute approximate surface area is 160 Å². The minimum absolute atomic E-state index is 0. The van der Waals surface area contributed by atoms with Crippen molar-refractivity contribution in [1.29, 1.82) is 0 Å². The number of hydrogen-bond donors (Lipinski definition) is 2. The van der Waals surface area contributed by atoms with Crippen molar-refractivity contribution >= 4 is 29.9 Å². The molecule has 2 rings (SSSR count). The Morgan fingerprint density at radius 1 is 1.21 bits per heavy atom. The summed E-state index contributed by atoms with van der Waals surface area (Å²) in [7, 11) is 0. The lowest BCUT2D eigenvalue weighted by molar-refractivity contribution is 0.334. The van der Waals surface area contributed by atoms with Crippen LogP contribution in [-0.2, 0) is 6.54 Å². The molecular formula is C17H27F2IN4. The Morgan fingerprint density at radius 2 is 1.96 bits per heavy atom. The molecule has 1 heterocycles. The van der Waals surface area contributed by atoms with Crippen LogP contribution < -0.4 is 10.6 Å². The van der Waals surface area contributed by atoms with Gasteiger partial charge >= 0.3 is 0 Å². The third-order valence-corrected chi connectivity index (χ3v) is 3.90. The quantitative estimate of drug-likeness (QED) is 0.289. The summed E-state index contributed by atoms with van der Waals surface area (Å²) in [5.74, 6) is -0.238. The van der Waals surface area contributed by atoms with Crippen molar-refractivity contribution in [1.82, 2.24) is 15.5 Å². The van der Waals surface area contributed by atoms with Crippen LogP contribution in [0.2, 0.25) is 0 Å². The molecule has 4 nitrogen and oxygen atoms in total. The molecule has 0 aliphatic carbocycles. The van der Waals surface area contributed by atoms with Crippen LogP contribution in [0.3, 0.4) is 0 Å². The average Bonchev–Trinajstić information content (AvgIpc) is 3.05. The molecule has 1 saturated heterocycles. The van der Waals surface area contributed by atoms with Gasteiger partial charge in [-0.2, -0.15) is 0 Å². The molecule has 0 radical (unpaired) electrons. The van der Waals surface area contributed by atoms with Crippen molar-refractivity contribution < 1.29 is 8.78 Å². The summed E-state index contributed by atoms with van der Waals surface area (Å²) in [5, 5.41) is 6.37. The van der Waals surface area contributed by atoms with Crippen molar-refractivity contribution in [3.63, 3.8) is 0 Å². The van der Waals surface area contributed by atoms with E-state index in [-0.39, 0.29) is 36.1 Å². The molecule has 1 aromatic carbocycles. The lowest BCUT2D eigenvalue weighted by Gasteiger charge is -2.15. The van der Waals surface area contributed by atoms with Gasteiger partial charge in [0.15, 0.2) is 5.96 Å². The molecule has 1 aliphatic rings. The van der Waals surface area contributed by atoms with Crippen molar-refractivity contribution in [2.75, 3.05) is 32.7 Å². The fourth-order valence-electron chi connectivity index (χ4n) is 2.69. The second-order valence-electron chi connectivity index (χ2n) is 5.76. The molecule has 0 unspecified atom stereocenters. The third kappa shape index (κ3) is 7.29. The highest BCUT2D eigenvalue weighted by molar-refractivity contribution is 14.0. The fourth-order valence-corrected chi connectivity index (χ4v) is 2.69. The van der Waals surface area contributed by atoms with Gasteiger partial charge in [-0.25, -0.2) is 13.8 Å². The molecular weight excluding hydrogens is 425 g/mol. The SMILES string of the molecule is CCNC(=NCc1cc(F)ccc1F)NCCCN1CCCC1.I. The lowest BCUT2D eigenvalue weighted by atomic mass is 10.2. The van der Waals surface area contributed by atoms with E-state index in [0.717, 1.165) is 38.2 Å². The Kier molecular flexibility index (Phi) is 10.2. The van der Waals surface area contributed by atoms with Crippen molar-refractivity contribution in [2.45, 2.75) is 32.7 Å². The topological polar surface area (TPSA) is 39.7 Å². The van der Waals surface area contributed by atoms with E-state index < -0.39 is 11.6 Å². The van der Waals surface area contributed by atoms with E-state index in [1.807, 2.05) is 6.92 Å². The Bertz CT molecular complexity index is 519. The number of hydrogen-bond acceptors (Lipinski definition) is 2. The minimum Gasteiger partial charge on any atom is -0.357 e. The number of nitrogens with zero attached hydrogens (tertiary/aromatic N) is 2. The number of nitrogens with one attached hydrogen (secondary N) is 2. The third-order valence-electron chi connectivity index (χ3n) is 3.90. The number of guanidine groups is 1. The van der Waals surface area contributed by atoms with E-state index in [9.17, 15) is 8.78 Å². The first-order chi connectivity index (χ1) is 11.2. The van der Waals surface area contributed by atoms with Crippen molar-refractivity contribution in [3.8, 4) is 0 Å². The summed E-state index contributed by atoms with van der Waals surface area (Å²) in [4.78, 5) is 6.80. The molecule has 0 spiro atoms. The van der Waals surface area contributed by atoms with E-state index in [0.29, 0.717) is 5.96 Å². The first kappa shape index (κ1) is 21.1. The predicted molar refractivity (Wildman–Crippen MR) is 105 cm³/mol. The van der Waals surface area contributed by atoms with Crippen LogP contribution in [0, 0.1) is 11.6 Å². The second-order valence-corrected chi connectivity index (χ2v) is 5.76. The maximum Gasteiger partial charge on any atom is 0.191 e. The van der Waals surface area contributed by atoms with Gasteiger partial charge in [-0.05, 0) is 64.0 Å². The predicted octanol–water partition coefficient (Wildman–Crippen LogP) is 3.12. The smallest absolute Gasteiger partial charge is 0.191 e. The van der Waals surface area contributed by atoms with E-state index in [1.165, 1.54) is 32.0 Å². The number of aliphatic imine (C=N–C) groups is 1. The van der Waals surface area contributed by atoms with Gasteiger partial charge in [-0.15, -0.1) is 24.0 Å². The zero-order valence-electron chi connectivity index (χ0n) is 14.2. The van der Waals surface area contributed by atoms with Gasteiger partial charge in [0.2, 0.25) is 0 Å². The van der Waals surface area contributed by atoms with Crippen LogP contribution in [-0.4, -0.2) is 43.6 Å². The van der Waals surface area contributed by atoms with Crippen molar-refractivity contribution in [3.05, 3.63) is 35.4 Å². The molecule has 0 aromatic heterocycles. The largest absolute Gasteiger partial charge is 0.357 e. The van der Waals surface area contributed by atoms with Crippen LogP contribution in [0.25, 0.3) is 0 Å². The normalized spacial score (nSPS) is 15.2. The highest BCUT2D eigenvalue weighted by Crippen LogP contribution is 2.10.